The summed E-state index contributed by atoms with van der Waals surface area (Å²) in [5.74, 6) is 0.455. The Bertz CT molecular complexity index is 960. The molecule has 8 heteroatoms. The third-order valence-electron chi connectivity index (χ3n) is 4.04. The lowest BCUT2D eigenvalue weighted by Crippen LogP contribution is -2.37. The highest BCUT2D eigenvalue weighted by Gasteiger charge is 2.12. The standard InChI is InChI=1S/C20H23N7O/c1-13-6-4-5-7-17(13)18(28)26-19(22-9-8-16-11-21-12-23-16)27-20-24-14(2)10-15(3)25-20/h4-7,10-12H,8-9H2,1-3H3,(H,21,23)(H2,22,24,25,26,27,28). The van der Waals surface area contributed by atoms with Crippen LogP contribution < -0.4 is 10.6 Å². The molecule has 0 aliphatic rings. The van der Waals surface area contributed by atoms with E-state index in [2.05, 4.69) is 35.6 Å². The van der Waals surface area contributed by atoms with E-state index in [4.69, 9.17) is 0 Å². The number of hydrogen-bond acceptors (Lipinski definition) is 5. The van der Waals surface area contributed by atoms with Gasteiger partial charge in [0.15, 0.2) is 0 Å². The summed E-state index contributed by atoms with van der Waals surface area (Å²) in [5, 5.41) is 5.87. The molecule has 28 heavy (non-hydrogen) atoms. The Morgan fingerprint density at radius 3 is 2.57 bits per heavy atom. The molecule has 8 nitrogen and oxygen atoms in total. The number of nitrogens with one attached hydrogen (secondary N) is 3. The largest absolute Gasteiger partial charge is 0.348 e. The first kappa shape index (κ1) is 19.2. The summed E-state index contributed by atoms with van der Waals surface area (Å²) in [5.41, 5.74) is 4.11. The molecule has 0 bridgehead atoms. The van der Waals surface area contributed by atoms with E-state index < -0.39 is 0 Å². The number of nitrogens with zero attached hydrogens (tertiary/aromatic N) is 4. The highest BCUT2D eigenvalue weighted by atomic mass is 16.1. The minimum absolute atomic E-state index is 0.240. The van der Waals surface area contributed by atoms with Gasteiger partial charge in [0.2, 0.25) is 11.9 Å². The Kier molecular flexibility index (Phi) is 6.11. The van der Waals surface area contributed by atoms with Crippen LogP contribution in [0.2, 0.25) is 0 Å². The molecule has 2 aromatic heterocycles. The number of aromatic nitrogens is 4. The van der Waals surface area contributed by atoms with Crippen molar-refractivity contribution in [3.8, 4) is 0 Å². The molecule has 0 aliphatic heterocycles. The van der Waals surface area contributed by atoms with Crippen molar-refractivity contribution < 1.29 is 4.79 Å². The molecule has 0 atom stereocenters. The van der Waals surface area contributed by atoms with Crippen LogP contribution in [0.5, 0.6) is 0 Å². The number of aryl methyl sites for hydroxylation is 3. The van der Waals surface area contributed by atoms with Crippen LogP contribution in [-0.4, -0.2) is 38.3 Å². The first-order valence-electron chi connectivity index (χ1n) is 8.99. The lowest BCUT2D eigenvalue weighted by molar-refractivity contribution is 0.0976. The maximum Gasteiger partial charge on any atom is 0.258 e. The van der Waals surface area contributed by atoms with Crippen molar-refractivity contribution in [3.05, 3.63) is 71.1 Å². The zero-order valence-corrected chi connectivity index (χ0v) is 16.2. The van der Waals surface area contributed by atoms with Crippen molar-refractivity contribution in [1.29, 1.82) is 0 Å². The predicted octanol–water partition coefficient (Wildman–Crippen LogP) is 2.57. The smallest absolute Gasteiger partial charge is 0.258 e. The van der Waals surface area contributed by atoms with Crippen LogP contribution in [0.4, 0.5) is 5.95 Å². The van der Waals surface area contributed by atoms with Crippen molar-refractivity contribution in [2.24, 2.45) is 4.99 Å². The van der Waals surface area contributed by atoms with Gasteiger partial charge in [-0.3, -0.25) is 20.4 Å². The second kappa shape index (κ2) is 8.90. The molecule has 144 valence electrons. The van der Waals surface area contributed by atoms with Crippen molar-refractivity contribution >= 4 is 17.8 Å². The summed E-state index contributed by atoms with van der Waals surface area (Å²) >= 11 is 0. The molecule has 3 N–H and O–H groups in total. The van der Waals surface area contributed by atoms with Crippen LogP contribution >= 0.6 is 0 Å². The Morgan fingerprint density at radius 2 is 1.89 bits per heavy atom. The fourth-order valence-electron chi connectivity index (χ4n) is 2.71. The number of hydrogen-bond donors (Lipinski definition) is 3. The lowest BCUT2D eigenvalue weighted by atomic mass is 10.1. The molecule has 0 unspecified atom stereocenters. The van der Waals surface area contributed by atoms with Crippen molar-refractivity contribution in [2.75, 3.05) is 11.9 Å². The zero-order chi connectivity index (χ0) is 19.9. The molecule has 1 aromatic carbocycles. The number of rotatable bonds is 5. The summed E-state index contributed by atoms with van der Waals surface area (Å²) in [4.78, 5) is 32.9. The van der Waals surface area contributed by atoms with E-state index in [0.717, 1.165) is 22.6 Å². The molecule has 0 fully saturated rings. The summed E-state index contributed by atoms with van der Waals surface area (Å²) in [6, 6.07) is 9.28. The Balaban J connectivity index is 1.78. The molecular weight excluding hydrogens is 354 g/mol. The van der Waals surface area contributed by atoms with Crippen molar-refractivity contribution in [2.45, 2.75) is 27.2 Å². The highest BCUT2D eigenvalue weighted by Crippen LogP contribution is 2.08. The zero-order valence-electron chi connectivity index (χ0n) is 16.2. The van der Waals surface area contributed by atoms with Crippen molar-refractivity contribution in [3.63, 3.8) is 0 Å². The van der Waals surface area contributed by atoms with Crippen LogP contribution in [-0.2, 0) is 6.42 Å². The predicted molar refractivity (Wildman–Crippen MR) is 108 cm³/mol. The number of carbonyl (C=O) groups excluding carboxylic acids is 1. The number of amides is 1. The minimum atomic E-state index is -0.240. The average molecular weight is 377 g/mol. The molecule has 0 spiro atoms. The van der Waals surface area contributed by atoms with Gasteiger partial charge in [0.1, 0.15) is 0 Å². The van der Waals surface area contributed by atoms with Gasteiger partial charge in [-0.15, -0.1) is 0 Å². The summed E-state index contributed by atoms with van der Waals surface area (Å²) in [7, 11) is 0. The minimum Gasteiger partial charge on any atom is -0.348 e. The van der Waals surface area contributed by atoms with E-state index in [9.17, 15) is 4.79 Å². The van der Waals surface area contributed by atoms with Gasteiger partial charge in [0, 0.05) is 41.8 Å². The van der Waals surface area contributed by atoms with Gasteiger partial charge < -0.3 is 4.98 Å². The van der Waals surface area contributed by atoms with Gasteiger partial charge >= 0.3 is 0 Å². The van der Waals surface area contributed by atoms with Crippen LogP contribution in [0, 0.1) is 20.8 Å². The van der Waals surface area contributed by atoms with Crippen LogP contribution in [0.1, 0.15) is 33.0 Å². The van der Waals surface area contributed by atoms with E-state index >= 15 is 0 Å². The number of carbonyl (C=O) groups is 1. The molecular formula is C20H23N7O. The summed E-state index contributed by atoms with van der Waals surface area (Å²) < 4.78 is 0. The fraction of sp³-hybridized carbons (Fsp3) is 0.250. The van der Waals surface area contributed by atoms with Crippen LogP contribution in [0.3, 0.4) is 0 Å². The number of anilines is 1. The van der Waals surface area contributed by atoms with E-state index in [1.807, 2.05) is 45.0 Å². The van der Waals surface area contributed by atoms with Crippen LogP contribution in [0.15, 0.2) is 47.8 Å². The van der Waals surface area contributed by atoms with Crippen LogP contribution in [0.25, 0.3) is 0 Å². The number of H-pyrrole nitrogens is 1. The Hall–Kier alpha value is -3.55. The van der Waals surface area contributed by atoms with E-state index in [1.165, 1.54) is 0 Å². The topological polar surface area (TPSA) is 108 Å². The number of benzene rings is 1. The lowest BCUT2D eigenvalue weighted by Gasteiger charge is -2.12. The van der Waals surface area contributed by atoms with E-state index in [-0.39, 0.29) is 5.91 Å². The average Bonchev–Trinajstić information content (AvgIpc) is 3.14. The third-order valence-corrected chi connectivity index (χ3v) is 4.04. The molecule has 0 radical (unpaired) electrons. The second-order valence-corrected chi connectivity index (χ2v) is 6.43. The Labute approximate surface area is 163 Å². The first-order chi connectivity index (χ1) is 13.5. The Morgan fingerprint density at radius 1 is 1.14 bits per heavy atom. The fourth-order valence-corrected chi connectivity index (χ4v) is 2.71. The van der Waals surface area contributed by atoms with Gasteiger partial charge in [0.25, 0.3) is 5.91 Å². The van der Waals surface area contributed by atoms with Gasteiger partial charge in [-0.05, 0) is 38.5 Å². The SMILES string of the molecule is Cc1cc(C)nc(NC(=NCCc2cnc[nH]2)NC(=O)c2ccccc2C)n1. The maximum atomic E-state index is 12.7. The maximum absolute atomic E-state index is 12.7. The van der Waals surface area contributed by atoms with E-state index in [0.29, 0.717) is 30.4 Å². The highest BCUT2D eigenvalue weighted by molar-refractivity contribution is 6.10. The van der Waals surface area contributed by atoms with Gasteiger partial charge in [-0.1, -0.05) is 18.2 Å². The van der Waals surface area contributed by atoms with E-state index in [1.54, 1.807) is 18.6 Å². The molecule has 0 saturated heterocycles. The monoisotopic (exact) mass is 377 g/mol. The molecule has 3 aromatic rings. The van der Waals surface area contributed by atoms with Gasteiger partial charge in [0.05, 0.1) is 6.33 Å². The quantitative estimate of drug-likeness (QED) is 0.468. The summed E-state index contributed by atoms with van der Waals surface area (Å²) in [6.45, 7) is 6.13. The molecule has 2 heterocycles. The molecule has 3 rings (SSSR count). The second-order valence-electron chi connectivity index (χ2n) is 6.43. The van der Waals surface area contributed by atoms with Gasteiger partial charge in [-0.25, -0.2) is 15.0 Å². The molecule has 0 saturated carbocycles. The first-order valence-corrected chi connectivity index (χ1v) is 8.99. The van der Waals surface area contributed by atoms with Crippen molar-refractivity contribution in [1.82, 2.24) is 25.3 Å². The molecule has 1 amide bonds. The normalized spacial score (nSPS) is 11.3. The number of aromatic amines is 1. The number of aliphatic imine (C=N–C) groups is 1. The summed E-state index contributed by atoms with van der Waals surface area (Å²) in [6.07, 6.45) is 4.04. The third kappa shape index (κ3) is 5.23. The molecule has 0 aliphatic carbocycles. The number of guanidine groups is 1. The van der Waals surface area contributed by atoms with Gasteiger partial charge in [-0.2, -0.15) is 0 Å². The number of imidazole rings is 1.